The number of rotatable bonds is 3. The van der Waals surface area contributed by atoms with Crippen molar-refractivity contribution in [2.45, 2.75) is 58.9 Å². The van der Waals surface area contributed by atoms with Gasteiger partial charge in [0.2, 0.25) is 11.8 Å². The second-order valence-electron chi connectivity index (χ2n) is 7.72. The predicted molar refractivity (Wildman–Crippen MR) is 95.9 cm³/mol. The van der Waals surface area contributed by atoms with E-state index in [1.54, 1.807) is 4.90 Å². The van der Waals surface area contributed by atoms with Gasteiger partial charge in [0.1, 0.15) is 0 Å². The molecule has 4 heteroatoms. The third kappa shape index (κ3) is 3.80. The number of carbonyl (C=O) groups excluding carboxylic acids is 2. The Kier molecular flexibility index (Phi) is 4.93. The van der Waals surface area contributed by atoms with E-state index in [0.29, 0.717) is 19.0 Å². The van der Waals surface area contributed by atoms with Gasteiger partial charge in [0.15, 0.2) is 0 Å². The standard InChI is InChI=1S/C20H28N2O2/c1-13-4-6-17(7-5-13)21-20(24)16-11-19(23)22(12-16)18-9-14(2)8-15(3)10-18/h8-10,13,16-17H,4-7,11-12H2,1-3H3,(H,21,24)/t13?,16-,17?/m1/s1. The molecule has 4 nitrogen and oxygen atoms in total. The van der Waals surface area contributed by atoms with E-state index in [1.807, 2.05) is 26.0 Å². The quantitative estimate of drug-likeness (QED) is 0.925. The summed E-state index contributed by atoms with van der Waals surface area (Å²) in [6.45, 7) is 6.84. The molecule has 1 aliphatic heterocycles. The van der Waals surface area contributed by atoms with E-state index in [9.17, 15) is 9.59 Å². The number of amides is 2. The van der Waals surface area contributed by atoms with E-state index >= 15 is 0 Å². The Hall–Kier alpha value is -1.84. The van der Waals surface area contributed by atoms with Crippen LogP contribution >= 0.6 is 0 Å². The van der Waals surface area contributed by atoms with Gasteiger partial charge in [-0.2, -0.15) is 0 Å². The van der Waals surface area contributed by atoms with Crippen molar-refractivity contribution in [2.75, 3.05) is 11.4 Å². The van der Waals surface area contributed by atoms with E-state index in [4.69, 9.17) is 0 Å². The van der Waals surface area contributed by atoms with Crippen molar-refractivity contribution in [2.24, 2.45) is 11.8 Å². The molecule has 1 N–H and O–H groups in total. The van der Waals surface area contributed by atoms with E-state index in [0.717, 1.165) is 35.6 Å². The van der Waals surface area contributed by atoms with Crippen LogP contribution in [0.4, 0.5) is 5.69 Å². The molecular formula is C20H28N2O2. The van der Waals surface area contributed by atoms with E-state index in [-0.39, 0.29) is 17.7 Å². The maximum Gasteiger partial charge on any atom is 0.227 e. The minimum Gasteiger partial charge on any atom is -0.353 e. The predicted octanol–water partition coefficient (Wildman–Crippen LogP) is 3.35. The molecule has 2 amide bonds. The highest BCUT2D eigenvalue weighted by atomic mass is 16.2. The highest BCUT2D eigenvalue weighted by Gasteiger charge is 2.36. The van der Waals surface area contributed by atoms with Crippen molar-refractivity contribution in [3.63, 3.8) is 0 Å². The van der Waals surface area contributed by atoms with Gasteiger partial charge in [0.25, 0.3) is 0 Å². The fourth-order valence-corrected chi connectivity index (χ4v) is 3.96. The minimum absolute atomic E-state index is 0.0507. The summed E-state index contributed by atoms with van der Waals surface area (Å²) in [7, 11) is 0. The summed E-state index contributed by atoms with van der Waals surface area (Å²) in [6, 6.07) is 6.43. The number of nitrogens with one attached hydrogen (secondary N) is 1. The van der Waals surface area contributed by atoms with Crippen molar-refractivity contribution in [1.82, 2.24) is 5.32 Å². The van der Waals surface area contributed by atoms with Gasteiger partial charge in [-0.25, -0.2) is 0 Å². The van der Waals surface area contributed by atoms with Crippen LogP contribution in [0.3, 0.4) is 0 Å². The van der Waals surface area contributed by atoms with Crippen LogP contribution in [0.1, 0.15) is 50.2 Å². The lowest BCUT2D eigenvalue weighted by molar-refractivity contribution is -0.127. The molecule has 0 unspecified atom stereocenters. The molecular weight excluding hydrogens is 300 g/mol. The second kappa shape index (κ2) is 6.96. The van der Waals surface area contributed by atoms with Gasteiger partial charge in [0, 0.05) is 24.7 Å². The lowest BCUT2D eigenvalue weighted by atomic mass is 9.87. The summed E-state index contributed by atoms with van der Waals surface area (Å²) >= 11 is 0. The Morgan fingerprint density at radius 1 is 1.08 bits per heavy atom. The lowest BCUT2D eigenvalue weighted by Gasteiger charge is -2.27. The maximum atomic E-state index is 12.6. The van der Waals surface area contributed by atoms with Crippen molar-refractivity contribution >= 4 is 17.5 Å². The Labute approximate surface area is 144 Å². The maximum absolute atomic E-state index is 12.6. The van der Waals surface area contributed by atoms with Crippen LogP contribution in [-0.2, 0) is 9.59 Å². The molecule has 1 saturated carbocycles. The topological polar surface area (TPSA) is 49.4 Å². The number of benzene rings is 1. The minimum atomic E-state index is -0.224. The molecule has 3 rings (SSSR count). The first kappa shape index (κ1) is 17.0. The molecule has 0 aromatic heterocycles. The number of nitrogens with zero attached hydrogens (tertiary/aromatic N) is 1. The molecule has 1 aliphatic carbocycles. The van der Waals surface area contributed by atoms with E-state index < -0.39 is 0 Å². The zero-order valence-corrected chi connectivity index (χ0v) is 15.0. The number of anilines is 1. The first-order valence-electron chi connectivity index (χ1n) is 9.11. The largest absolute Gasteiger partial charge is 0.353 e. The monoisotopic (exact) mass is 328 g/mol. The van der Waals surface area contributed by atoms with Gasteiger partial charge in [-0.3, -0.25) is 9.59 Å². The molecule has 24 heavy (non-hydrogen) atoms. The van der Waals surface area contributed by atoms with Gasteiger partial charge in [-0.15, -0.1) is 0 Å². The highest BCUT2D eigenvalue weighted by Crippen LogP contribution is 2.28. The summed E-state index contributed by atoms with van der Waals surface area (Å²) in [5.41, 5.74) is 3.20. The first-order valence-corrected chi connectivity index (χ1v) is 9.11. The molecule has 0 bridgehead atoms. The summed E-state index contributed by atoms with van der Waals surface area (Å²) in [4.78, 5) is 26.7. The van der Waals surface area contributed by atoms with Crippen LogP contribution in [0, 0.1) is 25.7 Å². The summed E-state index contributed by atoms with van der Waals surface area (Å²) in [5, 5.41) is 3.18. The van der Waals surface area contributed by atoms with Crippen molar-refractivity contribution in [3.05, 3.63) is 29.3 Å². The summed E-state index contributed by atoms with van der Waals surface area (Å²) in [6.07, 6.45) is 4.82. The molecule has 1 heterocycles. The first-order chi connectivity index (χ1) is 11.4. The molecule has 1 aromatic carbocycles. The normalized spacial score (nSPS) is 27.4. The van der Waals surface area contributed by atoms with E-state index in [1.165, 1.54) is 12.8 Å². The van der Waals surface area contributed by atoms with E-state index in [2.05, 4.69) is 18.3 Å². The zero-order valence-electron chi connectivity index (χ0n) is 15.0. The average molecular weight is 328 g/mol. The molecule has 0 radical (unpaired) electrons. The SMILES string of the molecule is Cc1cc(C)cc(N2C[C@H](C(=O)NC3CCC(C)CC3)CC2=O)c1. The smallest absolute Gasteiger partial charge is 0.227 e. The van der Waals surface area contributed by atoms with Gasteiger partial charge < -0.3 is 10.2 Å². The van der Waals surface area contributed by atoms with Crippen LogP contribution in [-0.4, -0.2) is 24.4 Å². The van der Waals surface area contributed by atoms with Crippen LogP contribution in [0.2, 0.25) is 0 Å². The van der Waals surface area contributed by atoms with Gasteiger partial charge >= 0.3 is 0 Å². The lowest BCUT2D eigenvalue weighted by Crippen LogP contribution is -2.41. The molecule has 130 valence electrons. The van der Waals surface area contributed by atoms with Crippen LogP contribution < -0.4 is 10.2 Å². The van der Waals surface area contributed by atoms with Crippen LogP contribution in [0.15, 0.2) is 18.2 Å². The molecule has 2 fully saturated rings. The fourth-order valence-electron chi connectivity index (χ4n) is 3.96. The Morgan fingerprint density at radius 3 is 2.33 bits per heavy atom. The van der Waals surface area contributed by atoms with Crippen LogP contribution in [0.5, 0.6) is 0 Å². The molecule has 0 spiro atoms. The third-order valence-electron chi connectivity index (χ3n) is 5.38. The molecule has 1 aromatic rings. The number of hydrogen-bond acceptors (Lipinski definition) is 2. The molecule has 2 aliphatic rings. The molecule has 1 atom stereocenters. The number of hydrogen-bond donors (Lipinski definition) is 1. The highest BCUT2D eigenvalue weighted by molar-refractivity contribution is 6.00. The third-order valence-corrected chi connectivity index (χ3v) is 5.38. The van der Waals surface area contributed by atoms with Crippen molar-refractivity contribution in [1.29, 1.82) is 0 Å². The van der Waals surface area contributed by atoms with Crippen LogP contribution in [0.25, 0.3) is 0 Å². The zero-order chi connectivity index (χ0) is 17.3. The number of carbonyl (C=O) groups is 2. The van der Waals surface area contributed by atoms with Gasteiger partial charge in [-0.05, 0) is 68.7 Å². The fraction of sp³-hybridized carbons (Fsp3) is 0.600. The summed E-state index contributed by atoms with van der Waals surface area (Å²) < 4.78 is 0. The summed E-state index contributed by atoms with van der Waals surface area (Å²) in [5.74, 6) is 0.649. The van der Waals surface area contributed by atoms with Crippen molar-refractivity contribution < 1.29 is 9.59 Å². The Morgan fingerprint density at radius 2 is 1.71 bits per heavy atom. The number of aryl methyl sites for hydroxylation is 2. The molecule has 1 saturated heterocycles. The average Bonchev–Trinajstić information content (AvgIpc) is 2.91. The second-order valence-corrected chi connectivity index (χ2v) is 7.72. The Balaban J connectivity index is 1.62. The Bertz CT molecular complexity index is 612. The van der Waals surface area contributed by atoms with Gasteiger partial charge in [-0.1, -0.05) is 13.0 Å². The van der Waals surface area contributed by atoms with Crippen molar-refractivity contribution in [3.8, 4) is 0 Å². The van der Waals surface area contributed by atoms with Gasteiger partial charge in [0.05, 0.1) is 5.92 Å².